The fraction of sp³-hybridized carbons (Fsp3) is 0.412. The number of piperidine rings is 1. The minimum Gasteiger partial charge on any atom is -0.375 e. The summed E-state index contributed by atoms with van der Waals surface area (Å²) < 4.78 is 6.69. The summed E-state index contributed by atoms with van der Waals surface area (Å²) in [7, 11) is 6.43. The number of likely N-dealkylation sites (N-methyl/N-ethyl adjacent to an activating group) is 1. The van der Waals surface area contributed by atoms with Crippen molar-refractivity contribution in [3.63, 3.8) is 0 Å². The van der Waals surface area contributed by atoms with Gasteiger partial charge in [0, 0.05) is 28.9 Å². The molecular weight excluding hydrogens is 298 g/mol. The molecule has 0 saturated carbocycles. The molecule has 0 bridgehead atoms. The van der Waals surface area contributed by atoms with Gasteiger partial charge in [-0.2, -0.15) is 0 Å². The van der Waals surface area contributed by atoms with Crippen molar-refractivity contribution < 1.29 is 9.22 Å². The molecule has 1 unspecified atom stereocenters. The van der Waals surface area contributed by atoms with E-state index in [1.807, 2.05) is 29.8 Å². The van der Waals surface area contributed by atoms with Crippen molar-refractivity contribution in [1.82, 2.24) is 0 Å². The summed E-state index contributed by atoms with van der Waals surface area (Å²) in [5.74, 6) is 0. The third-order valence-electron chi connectivity index (χ3n) is 4.01. The van der Waals surface area contributed by atoms with Crippen LogP contribution in [-0.4, -0.2) is 44.9 Å². The van der Waals surface area contributed by atoms with Gasteiger partial charge in [-0.25, -0.2) is 0 Å². The molecular formula is C17H22NOS2+. The standard InChI is InChI=1S/C17H22NOS2/c1-18(2)11-13(10-14(12-18)19-3)17(15-6-4-8-20-15)16-7-5-9-21-16/h4-9,14H,10-12H2,1-3H3/q+1. The second-order valence-electron chi connectivity index (χ2n) is 6.27. The van der Waals surface area contributed by atoms with E-state index in [1.54, 1.807) is 0 Å². The number of likely N-dealkylation sites (tertiary alicyclic amines) is 1. The molecule has 3 rings (SSSR count). The molecule has 1 fully saturated rings. The van der Waals surface area contributed by atoms with E-state index in [9.17, 15) is 0 Å². The first-order valence-corrected chi connectivity index (χ1v) is 8.99. The van der Waals surface area contributed by atoms with Gasteiger partial charge in [0.2, 0.25) is 0 Å². The van der Waals surface area contributed by atoms with Crippen LogP contribution in [0.25, 0.3) is 5.57 Å². The number of nitrogens with zero attached hydrogens (tertiary/aromatic N) is 1. The largest absolute Gasteiger partial charge is 0.375 e. The first-order valence-electron chi connectivity index (χ1n) is 7.23. The molecule has 2 nitrogen and oxygen atoms in total. The second-order valence-corrected chi connectivity index (χ2v) is 8.17. The Morgan fingerprint density at radius 2 is 1.76 bits per heavy atom. The molecule has 1 aliphatic rings. The molecule has 0 aliphatic carbocycles. The fourth-order valence-electron chi connectivity index (χ4n) is 3.19. The lowest BCUT2D eigenvalue weighted by atomic mass is 9.94. The van der Waals surface area contributed by atoms with Gasteiger partial charge in [-0.15, -0.1) is 22.7 Å². The van der Waals surface area contributed by atoms with Crippen LogP contribution in [0.3, 0.4) is 0 Å². The number of rotatable bonds is 3. The van der Waals surface area contributed by atoms with Gasteiger partial charge in [-0.1, -0.05) is 12.1 Å². The van der Waals surface area contributed by atoms with E-state index in [-0.39, 0.29) is 0 Å². The molecule has 4 heteroatoms. The normalized spacial score (nSPS) is 21.5. The maximum absolute atomic E-state index is 5.70. The van der Waals surface area contributed by atoms with E-state index in [0.29, 0.717) is 6.10 Å². The van der Waals surface area contributed by atoms with Gasteiger partial charge in [0.05, 0.1) is 14.1 Å². The molecule has 2 aromatic heterocycles. The Morgan fingerprint density at radius 3 is 2.24 bits per heavy atom. The second kappa shape index (κ2) is 6.05. The lowest BCUT2D eigenvalue weighted by Gasteiger charge is -2.39. The Balaban J connectivity index is 2.09. The van der Waals surface area contributed by atoms with E-state index in [0.717, 1.165) is 24.0 Å². The van der Waals surface area contributed by atoms with Gasteiger partial charge in [0.15, 0.2) is 0 Å². The molecule has 0 N–H and O–H groups in total. The first kappa shape index (κ1) is 15.0. The summed E-state index contributed by atoms with van der Waals surface area (Å²) in [5.41, 5.74) is 2.97. The Labute approximate surface area is 134 Å². The lowest BCUT2D eigenvalue weighted by Crippen LogP contribution is -2.51. The van der Waals surface area contributed by atoms with Crippen LogP contribution in [-0.2, 0) is 4.74 Å². The molecule has 2 aromatic rings. The average molecular weight is 321 g/mol. The highest BCUT2D eigenvalue weighted by molar-refractivity contribution is 7.13. The fourth-order valence-corrected chi connectivity index (χ4v) is 4.92. The number of ether oxygens (including phenoxy) is 1. The van der Waals surface area contributed by atoms with Crippen LogP contribution >= 0.6 is 22.7 Å². The molecule has 1 atom stereocenters. The Hall–Kier alpha value is -0.940. The summed E-state index contributed by atoms with van der Waals surface area (Å²) in [6, 6.07) is 8.77. The van der Waals surface area contributed by atoms with Crippen LogP contribution in [0, 0.1) is 0 Å². The van der Waals surface area contributed by atoms with Crippen molar-refractivity contribution in [2.75, 3.05) is 34.3 Å². The maximum Gasteiger partial charge on any atom is 0.110 e. The average Bonchev–Trinajstić information content (AvgIpc) is 3.11. The highest BCUT2D eigenvalue weighted by atomic mass is 32.1. The van der Waals surface area contributed by atoms with Crippen molar-refractivity contribution in [1.29, 1.82) is 0 Å². The summed E-state index contributed by atoms with van der Waals surface area (Å²) in [6.07, 6.45) is 1.36. The predicted octanol–water partition coefficient (Wildman–Crippen LogP) is 4.11. The summed E-state index contributed by atoms with van der Waals surface area (Å²) in [5, 5.41) is 4.33. The van der Waals surface area contributed by atoms with Crippen LogP contribution < -0.4 is 0 Å². The third-order valence-corrected chi connectivity index (χ3v) is 5.79. The number of hydrogen-bond donors (Lipinski definition) is 0. The molecule has 0 spiro atoms. The van der Waals surface area contributed by atoms with E-state index < -0.39 is 0 Å². The topological polar surface area (TPSA) is 9.23 Å². The predicted molar refractivity (Wildman–Crippen MR) is 91.9 cm³/mol. The van der Waals surface area contributed by atoms with Crippen LogP contribution in [0.1, 0.15) is 16.2 Å². The number of quaternary nitrogens is 1. The lowest BCUT2D eigenvalue weighted by molar-refractivity contribution is -0.892. The molecule has 3 heterocycles. The quantitative estimate of drug-likeness (QED) is 0.774. The van der Waals surface area contributed by atoms with E-state index in [2.05, 4.69) is 49.1 Å². The Morgan fingerprint density at radius 1 is 1.14 bits per heavy atom. The molecule has 112 valence electrons. The molecule has 21 heavy (non-hydrogen) atoms. The molecule has 1 aliphatic heterocycles. The number of methoxy groups -OCH3 is 1. The third kappa shape index (κ3) is 3.29. The van der Waals surface area contributed by atoms with Gasteiger partial charge >= 0.3 is 0 Å². The van der Waals surface area contributed by atoms with Crippen molar-refractivity contribution >= 4 is 28.2 Å². The summed E-state index contributed by atoms with van der Waals surface area (Å²) >= 11 is 3.67. The maximum atomic E-state index is 5.70. The van der Waals surface area contributed by atoms with E-state index in [4.69, 9.17) is 4.74 Å². The summed E-state index contributed by atoms with van der Waals surface area (Å²) in [6.45, 7) is 2.19. The van der Waals surface area contributed by atoms with Crippen molar-refractivity contribution in [3.8, 4) is 0 Å². The van der Waals surface area contributed by atoms with Crippen LogP contribution in [0.4, 0.5) is 0 Å². The molecule has 1 saturated heterocycles. The van der Waals surface area contributed by atoms with Crippen LogP contribution in [0.15, 0.2) is 40.6 Å². The molecule has 0 amide bonds. The van der Waals surface area contributed by atoms with Gasteiger partial charge < -0.3 is 9.22 Å². The van der Waals surface area contributed by atoms with Gasteiger partial charge in [0.25, 0.3) is 0 Å². The Kier molecular flexibility index (Phi) is 4.31. The van der Waals surface area contributed by atoms with Gasteiger partial charge in [-0.05, 0) is 28.5 Å². The highest BCUT2D eigenvalue weighted by Crippen LogP contribution is 2.37. The smallest absolute Gasteiger partial charge is 0.110 e. The van der Waals surface area contributed by atoms with Crippen LogP contribution in [0.2, 0.25) is 0 Å². The Bertz CT molecular complexity index is 575. The summed E-state index contributed by atoms with van der Waals surface area (Å²) in [4.78, 5) is 2.76. The van der Waals surface area contributed by atoms with Gasteiger partial charge in [-0.3, -0.25) is 0 Å². The molecule has 0 radical (unpaired) electrons. The monoisotopic (exact) mass is 320 g/mol. The van der Waals surface area contributed by atoms with Crippen LogP contribution in [0.5, 0.6) is 0 Å². The zero-order valence-corrected chi connectivity index (χ0v) is 14.5. The molecule has 0 aromatic carbocycles. The zero-order chi connectivity index (χ0) is 14.9. The van der Waals surface area contributed by atoms with Crippen molar-refractivity contribution in [2.24, 2.45) is 0 Å². The SMILES string of the molecule is COC1CC(=C(c2cccs2)c2cccs2)C[N+](C)(C)C1. The van der Waals surface area contributed by atoms with Gasteiger partial charge in [0.1, 0.15) is 19.2 Å². The van der Waals surface area contributed by atoms with E-state index in [1.165, 1.54) is 20.9 Å². The minimum absolute atomic E-state index is 0.318. The van der Waals surface area contributed by atoms with E-state index >= 15 is 0 Å². The zero-order valence-electron chi connectivity index (χ0n) is 12.8. The van der Waals surface area contributed by atoms with Crippen molar-refractivity contribution in [2.45, 2.75) is 12.5 Å². The first-order chi connectivity index (χ1) is 10.1. The van der Waals surface area contributed by atoms with Crippen molar-refractivity contribution in [3.05, 3.63) is 50.4 Å². The highest BCUT2D eigenvalue weighted by Gasteiger charge is 2.33. The minimum atomic E-state index is 0.318. The number of hydrogen-bond acceptors (Lipinski definition) is 3. The number of thiophene rings is 2.